The molecule has 0 amide bonds. The second kappa shape index (κ2) is 11.1. The minimum atomic E-state index is -1.16. The molecule has 3 aliphatic carbocycles. The molecule has 8 heteroatoms. The lowest BCUT2D eigenvalue weighted by Crippen LogP contribution is -2.61. The lowest BCUT2D eigenvalue weighted by Gasteiger charge is -2.59. The van der Waals surface area contributed by atoms with Crippen LogP contribution >= 0.6 is 0 Å². The van der Waals surface area contributed by atoms with Gasteiger partial charge in [-0.05, 0) is 107 Å². The lowest BCUT2D eigenvalue weighted by molar-refractivity contribution is -0.145. The Labute approximate surface area is 251 Å². The number of rotatable bonds is 9. The molecule has 4 N–H and O–H groups in total. The first-order chi connectivity index (χ1) is 19.6. The highest BCUT2D eigenvalue weighted by atomic mass is 16.7. The topological polar surface area (TPSA) is 116 Å². The molecular formula is C34H51BO7. The van der Waals surface area contributed by atoms with E-state index in [1.54, 1.807) is 6.08 Å². The third-order valence-electron chi connectivity index (χ3n) is 12.1. The molecule has 1 aliphatic heterocycles. The molecular weight excluding hydrogens is 531 g/mol. The maximum Gasteiger partial charge on any atom is 0.494 e. The fourth-order valence-corrected chi connectivity index (χ4v) is 9.38. The number of hydrogen-bond donors (Lipinski definition) is 4. The second-order valence-electron chi connectivity index (χ2n) is 15.0. The van der Waals surface area contributed by atoms with Crippen molar-refractivity contribution in [1.82, 2.24) is 0 Å². The van der Waals surface area contributed by atoms with E-state index in [2.05, 4.69) is 27.7 Å². The van der Waals surface area contributed by atoms with Gasteiger partial charge in [-0.3, -0.25) is 4.79 Å². The predicted octanol–water partition coefficient (Wildman–Crippen LogP) is 3.95. The Balaban J connectivity index is 1.51. The average molecular weight is 583 g/mol. The molecule has 0 aromatic heterocycles. The van der Waals surface area contributed by atoms with Crippen LogP contribution in [0, 0.1) is 28.6 Å². The summed E-state index contributed by atoms with van der Waals surface area (Å²) in [7, 11) is -0.533. The van der Waals surface area contributed by atoms with Crippen LogP contribution in [0.25, 0.3) is 0 Å². The zero-order valence-corrected chi connectivity index (χ0v) is 26.3. The second-order valence-corrected chi connectivity index (χ2v) is 15.0. The largest absolute Gasteiger partial charge is 0.494 e. The van der Waals surface area contributed by atoms with Crippen molar-refractivity contribution in [3.8, 4) is 0 Å². The molecule has 0 spiro atoms. The van der Waals surface area contributed by atoms with Gasteiger partial charge in [-0.1, -0.05) is 51.1 Å². The summed E-state index contributed by atoms with van der Waals surface area (Å²) in [6, 6.07) is 9.94. The molecule has 7 nitrogen and oxygen atoms in total. The van der Waals surface area contributed by atoms with Crippen LogP contribution in [0.1, 0.15) is 92.9 Å². The highest BCUT2D eigenvalue weighted by molar-refractivity contribution is 6.62. The monoisotopic (exact) mass is 582 g/mol. The van der Waals surface area contributed by atoms with Crippen molar-refractivity contribution in [2.24, 2.45) is 28.6 Å². The number of hydrogen-bond acceptors (Lipinski definition) is 7. The van der Waals surface area contributed by atoms with Gasteiger partial charge in [0.25, 0.3) is 0 Å². The maximum absolute atomic E-state index is 13.7. The van der Waals surface area contributed by atoms with Crippen LogP contribution in [0.2, 0.25) is 0 Å². The molecule has 232 valence electrons. The van der Waals surface area contributed by atoms with Gasteiger partial charge in [0.2, 0.25) is 0 Å². The van der Waals surface area contributed by atoms with Gasteiger partial charge in [0.1, 0.15) is 0 Å². The molecule has 1 heterocycles. The highest BCUT2D eigenvalue weighted by Crippen LogP contribution is 2.69. The molecule has 1 aromatic carbocycles. The number of carbonyl (C=O) groups excluding carboxylic acids is 1. The van der Waals surface area contributed by atoms with Crippen molar-refractivity contribution in [3.63, 3.8) is 0 Å². The van der Waals surface area contributed by atoms with Crippen molar-refractivity contribution in [1.29, 1.82) is 0 Å². The van der Waals surface area contributed by atoms with E-state index in [1.807, 2.05) is 44.2 Å². The fourth-order valence-electron chi connectivity index (χ4n) is 9.38. The summed E-state index contributed by atoms with van der Waals surface area (Å²) < 4.78 is 13.5. The van der Waals surface area contributed by atoms with E-state index < -0.39 is 46.8 Å². The third-order valence-corrected chi connectivity index (χ3v) is 12.1. The number of fused-ring (bicyclic) bond motifs is 3. The number of aliphatic hydroxyl groups is 4. The van der Waals surface area contributed by atoms with Crippen LogP contribution in [0.3, 0.4) is 0 Å². The molecule has 0 bridgehead atoms. The molecule has 0 radical (unpaired) electrons. The van der Waals surface area contributed by atoms with Crippen LogP contribution in [0.5, 0.6) is 0 Å². The molecule has 3 fully saturated rings. The molecule has 9 atom stereocenters. The van der Waals surface area contributed by atoms with Gasteiger partial charge >= 0.3 is 7.12 Å². The fraction of sp³-hybridized carbons (Fsp3) is 0.735. The standard InChI is InChI=1S/C34H51BO7/c1-7-31(4)24-13-17-32(5)28(14-18-34(32,40)25(24)20-27(38)26(31)19-23(37)21-36)33(6)29(15-16-30(2,3)39)41-35(42-33)22-11-9-8-10-12-22/h8-12,20,23-24,26,28-29,36-37,39-40H,7,13-19,21H2,1-6H3/t23-,24?,26+,28+,29-,31-,32-,33-,34-/m1/s1. The quantitative estimate of drug-likeness (QED) is 0.326. The summed E-state index contributed by atoms with van der Waals surface area (Å²) in [5, 5.41) is 43.2. The van der Waals surface area contributed by atoms with E-state index >= 15 is 0 Å². The predicted molar refractivity (Wildman–Crippen MR) is 163 cm³/mol. The van der Waals surface area contributed by atoms with Gasteiger partial charge in [0, 0.05) is 11.3 Å². The molecule has 1 aromatic rings. The summed E-state index contributed by atoms with van der Waals surface area (Å²) in [6.45, 7) is 11.8. The minimum Gasteiger partial charge on any atom is -0.402 e. The Morgan fingerprint density at radius 3 is 2.43 bits per heavy atom. The molecule has 5 rings (SSSR count). The van der Waals surface area contributed by atoms with E-state index in [9.17, 15) is 25.2 Å². The van der Waals surface area contributed by atoms with Crippen molar-refractivity contribution in [2.45, 2.75) is 122 Å². The number of aliphatic hydroxyl groups excluding tert-OH is 2. The smallest absolute Gasteiger partial charge is 0.402 e. The van der Waals surface area contributed by atoms with Crippen LogP contribution in [-0.2, 0) is 14.1 Å². The Morgan fingerprint density at radius 2 is 1.81 bits per heavy atom. The summed E-state index contributed by atoms with van der Waals surface area (Å²) >= 11 is 0. The third kappa shape index (κ3) is 5.04. The highest BCUT2D eigenvalue weighted by Gasteiger charge is 2.70. The maximum atomic E-state index is 13.7. The number of ketones is 1. The van der Waals surface area contributed by atoms with Gasteiger partial charge in [-0.25, -0.2) is 0 Å². The summed E-state index contributed by atoms with van der Waals surface area (Å²) in [5.41, 5.74) is -1.88. The number of allylic oxidation sites excluding steroid dienone is 1. The van der Waals surface area contributed by atoms with E-state index in [0.29, 0.717) is 19.3 Å². The van der Waals surface area contributed by atoms with E-state index in [-0.39, 0.29) is 36.8 Å². The molecule has 4 aliphatic rings. The summed E-state index contributed by atoms with van der Waals surface area (Å²) in [6.07, 6.45) is 5.53. The minimum absolute atomic E-state index is 0.0181. The SMILES string of the molecule is CC[C@]1(C)C2CC[C@]3(C)[C@@H]([C@@]4(C)OB(c5ccccc5)O[C@@H]4CCC(C)(C)O)CC[C@@]3(O)C2=CC(=O)[C@@H]1C[C@@H](O)CO. The van der Waals surface area contributed by atoms with Crippen LogP contribution in [-0.4, -0.2) is 68.9 Å². The van der Waals surface area contributed by atoms with Gasteiger partial charge in [0.05, 0.1) is 35.6 Å². The lowest BCUT2D eigenvalue weighted by atomic mass is 9.47. The average Bonchev–Trinajstić information content (AvgIpc) is 3.44. The first-order valence-corrected chi connectivity index (χ1v) is 16.0. The van der Waals surface area contributed by atoms with E-state index in [0.717, 1.165) is 36.7 Å². The van der Waals surface area contributed by atoms with Crippen molar-refractivity contribution >= 4 is 18.4 Å². The molecule has 2 saturated carbocycles. The molecule has 1 unspecified atom stereocenters. The zero-order chi connectivity index (χ0) is 30.7. The van der Waals surface area contributed by atoms with Gasteiger partial charge in [-0.15, -0.1) is 0 Å². The van der Waals surface area contributed by atoms with Gasteiger partial charge in [-0.2, -0.15) is 0 Å². The van der Waals surface area contributed by atoms with E-state index in [1.165, 1.54) is 0 Å². The Morgan fingerprint density at radius 1 is 1.12 bits per heavy atom. The number of carbonyl (C=O) groups is 1. The first-order valence-electron chi connectivity index (χ1n) is 16.0. The van der Waals surface area contributed by atoms with Crippen LogP contribution in [0.4, 0.5) is 0 Å². The Bertz CT molecular complexity index is 1180. The van der Waals surface area contributed by atoms with Crippen molar-refractivity contribution in [3.05, 3.63) is 42.0 Å². The normalized spacial score (nSPS) is 41.0. The van der Waals surface area contributed by atoms with Gasteiger partial charge < -0.3 is 29.7 Å². The van der Waals surface area contributed by atoms with E-state index in [4.69, 9.17) is 9.31 Å². The van der Waals surface area contributed by atoms with Gasteiger partial charge in [0.15, 0.2) is 5.78 Å². The first kappa shape index (κ1) is 31.9. The summed E-state index contributed by atoms with van der Waals surface area (Å²) in [5.74, 6) is -0.470. The Kier molecular flexibility index (Phi) is 8.43. The Hall–Kier alpha value is -1.55. The van der Waals surface area contributed by atoms with Crippen LogP contribution < -0.4 is 5.46 Å². The van der Waals surface area contributed by atoms with Crippen LogP contribution in [0.15, 0.2) is 42.0 Å². The van der Waals surface area contributed by atoms with Crippen molar-refractivity contribution < 1.29 is 34.5 Å². The summed E-state index contributed by atoms with van der Waals surface area (Å²) in [4.78, 5) is 13.7. The van der Waals surface area contributed by atoms with Crippen molar-refractivity contribution in [2.75, 3.05) is 6.61 Å². The number of benzene rings is 1. The molecule has 1 saturated heterocycles. The molecule has 42 heavy (non-hydrogen) atoms. The zero-order valence-electron chi connectivity index (χ0n) is 26.3.